The highest BCUT2D eigenvalue weighted by atomic mass is 16.5. The molecule has 40 heavy (non-hydrogen) atoms. The molecule has 204 valence electrons. The van der Waals surface area contributed by atoms with Crippen LogP contribution in [0.5, 0.6) is 5.75 Å². The van der Waals surface area contributed by atoms with Crippen LogP contribution in [0.15, 0.2) is 85.1 Å². The summed E-state index contributed by atoms with van der Waals surface area (Å²) >= 11 is 0. The van der Waals surface area contributed by atoms with E-state index in [2.05, 4.69) is 46.2 Å². The van der Waals surface area contributed by atoms with Crippen LogP contribution in [0.1, 0.15) is 11.3 Å². The summed E-state index contributed by atoms with van der Waals surface area (Å²) in [5, 5.41) is 4.63. The van der Waals surface area contributed by atoms with Crippen LogP contribution in [0.3, 0.4) is 0 Å². The molecule has 0 aliphatic carbocycles. The molecule has 0 spiro atoms. The third kappa shape index (κ3) is 5.23. The zero-order valence-electron chi connectivity index (χ0n) is 23.0. The molecule has 1 aliphatic rings. The lowest BCUT2D eigenvalue weighted by atomic mass is 10.0. The van der Waals surface area contributed by atoms with Crippen molar-refractivity contribution in [3.63, 3.8) is 0 Å². The van der Waals surface area contributed by atoms with Crippen molar-refractivity contribution in [2.24, 2.45) is 0 Å². The van der Waals surface area contributed by atoms with E-state index in [9.17, 15) is 0 Å². The number of piperazine rings is 1. The summed E-state index contributed by atoms with van der Waals surface area (Å²) in [4.78, 5) is 9.79. The molecule has 1 fully saturated rings. The number of hydrogen-bond acceptors (Lipinski definition) is 7. The average molecular weight is 535 g/mol. The Morgan fingerprint density at radius 1 is 0.825 bits per heavy atom. The molecule has 0 radical (unpaired) electrons. The molecule has 6 rings (SSSR count). The van der Waals surface area contributed by atoms with Crippen molar-refractivity contribution in [1.29, 1.82) is 0 Å². The second-order valence-electron chi connectivity index (χ2n) is 10.2. The standard InChI is InChI=1S/C32H34N6O2/c1-36-16-18-37(19-17-36)26-12-8-24(9-13-26)28-20-34-38-31(33)30(29(22-39-2)35-32(28)38)25-10-14-27(15-11-25)40-21-23-6-4-3-5-7-23/h3-15,20H,16-19,21-22,33H2,1-2H3. The maximum absolute atomic E-state index is 6.74. The monoisotopic (exact) mass is 534 g/mol. The van der Waals surface area contributed by atoms with Gasteiger partial charge in [0.1, 0.15) is 18.2 Å². The molecule has 0 amide bonds. The number of anilines is 2. The SMILES string of the molecule is COCc1nc2c(-c3ccc(N4CCN(C)CC4)cc3)cnn2c(N)c1-c1ccc(OCc2ccccc2)cc1. The quantitative estimate of drug-likeness (QED) is 0.296. The summed E-state index contributed by atoms with van der Waals surface area (Å²) < 4.78 is 13.2. The molecule has 0 unspecified atom stereocenters. The Morgan fingerprint density at radius 3 is 2.23 bits per heavy atom. The summed E-state index contributed by atoms with van der Waals surface area (Å²) in [6, 6.07) is 26.7. The summed E-state index contributed by atoms with van der Waals surface area (Å²) in [6.07, 6.45) is 1.84. The van der Waals surface area contributed by atoms with Crippen LogP contribution < -0.4 is 15.4 Å². The number of nitrogens with zero attached hydrogens (tertiary/aromatic N) is 5. The second-order valence-corrected chi connectivity index (χ2v) is 10.2. The van der Waals surface area contributed by atoms with Crippen LogP contribution in [0.4, 0.5) is 11.5 Å². The first kappa shape index (κ1) is 25.9. The Morgan fingerprint density at radius 2 is 1.52 bits per heavy atom. The van der Waals surface area contributed by atoms with Crippen molar-refractivity contribution in [2.75, 3.05) is 51.0 Å². The van der Waals surface area contributed by atoms with Crippen molar-refractivity contribution in [3.05, 3.63) is 96.3 Å². The summed E-state index contributed by atoms with van der Waals surface area (Å²) in [5.41, 5.74) is 14.3. The fourth-order valence-corrected chi connectivity index (χ4v) is 5.20. The minimum absolute atomic E-state index is 0.329. The molecule has 5 aromatic rings. The Balaban J connectivity index is 1.28. The number of ether oxygens (including phenoxy) is 2. The van der Waals surface area contributed by atoms with Crippen LogP contribution in [-0.4, -0.2) is 59.8 Å². The van der Waals surface area contributed by atoms with Gasteiger partial charge in [0.2, 0.25) is 0 Å². The Labute approximate surface area is 234 Å². The van der Waals surface area contributed by atoms with Gasteiger partial charge in [-0.05, 0) is 48.0 Å². The van der Waals surface area contributed by atoms with Crippen molar-refractivity contribution in [1.82, 2.24) is 19.5 Å². The van der Waals surface area contributed by atoms with Gasteiger partial charge in [0.25, 0.3) is 0 Å². The van der Waals surface area contributed by atoms with Gasteiger partial charge in [-0.2, -0.15) is 9.61 Å². The van der Waals surface area contributed by atoms with Crippen molar-refractivity contribution in [2.45, 2.75) is 13.2 Å². The molecule has 0 atom stereocenters. The highest BCUT2D eigenvalue weighted by Crippen LogP contribution is 2.34. The highest BCUT2D eigenvalue weighted by molar-refractivity contribution is 5.84. The molecular weight excluding hydrogens is 500 g/mol. The molecule has 2 aromatic heterocycles. The van der Waals surface area contributed by atoms with Crippen molar-refractivity contribution in [3.8, 4) is 28.0 Å². The highest BCUT2D eigenvalue weighted by Gasteiger charge is 2.20. The summed E-state index contributed by atoms with van der Waals surface area (Å²) in [7, 11) is 3.84. The Kier molecular flexibility index (Phi) is 7.35. The minimum Gasteiger partial charge on any atom is -0.489 e. The summed E-state index contributed by atoms with van der Waals surface area (Å²) in [6.45, 7) is 5.06. The number of rotatable bonds is 8. The van der Waals surface area contributed by atoms with Crippen molar-refractivity contribution < 1.29 is 9.47 Å². The van der Waals surface area contributed by atoms with E-state index in [1.165, 1.54) is 5.69 Å². The normalized spacial score (nSPS) is 14.1. The maximum atomic E-state index is 6.74. The fraction of sp³-hybridized carbons (Fsp3) is 0.250. The third-order valence-corrected chi connectivity index (χ3v) is 7.48. The lowest BCUT2D eigenvalue weighted by Crippen LogP contribution is -2.44. The van der Waals surface area contributed by atoms with Crippen LogP contribution in [-0.2, 0) is 18.0 Å². The van der Waals surface area contributed by atoms with E-state index < -0.39 is 0 Å². The zero-order valence-corrected chi connectivity index (χ0v) is 23.0. The number of benzene rings is 3. The van der Waals surface area contributed by atoms with Crippen LogP contribution in [0.25, 0.3) is 27.9 Å². The van der Waals surface area contributed by atoms with Crippen LogP contribution >= 0.6 is 0 Å². The number of likely N-dealkylation sites (N-methyl/N-ethyl adjacent to an activating group) is 1. The number of fused-ring (bicyclic) bond motifs is 1. The zero-order chi connectivity index (χ0) is 27.5. The Hall–Kier alpha value is -4.40. The van der Waals surface area contributed by atoms with E-state index >= 15 is 0 Å². The molecule has 2 N–H and O–H groups in total. The molecule has 8 heteroatoms. The number of aromatic nitrogens is 3. The number of methoxy groups -OCH3 is 1. The van der Waals surface area contributed by atoms with Gasteiger partial charge >= 0.3 is 0 Å². The molecule has 0 saturated carbocycles. The van der Waals surface area contributed by atoms with Gasteiger partial charge in [-0.1, -0.05) is 54.6 Å². The molecule has 1 aliphatic heterocycles. The van der Waals surface area contributed by atoms with Gasteiger partial charge in [-0.3, -0.25) is 0 Å². The van der Waals surface area contributed by atoms with E-state index in [-0.39, 0.29) is 0 Å². The van der Waals surface area contributed by atoms with E-state index in [0.29, 0.717) is 24.7 Å². The smallest absolute Gasteiger partial charge is 0.165 e. The van der Waals surface area contributed by atoms with Crippen molar-refractivity contribution >= 4 is 17.2 Å². The Bertz CT molecular complexity index is 1570. The number of nitrogens with two attached hydrogens (primary N) is 1. The van der Waals surface area contributed by atoms with Gasteiger partial charge < -0.3 is 25.0 Å². The average Bonchev–Trinajstić information content (AvgIpc) is 3.42. The van der Waals surface area contributed by atoms with Gasteiger partial charge in [0, 0.05) is 50.1 Å². The summed E-state index contributed by atoms with van der Waals surface area (Å²) in [5.74, 6) is 1.31. The largest absolute Gasteiger partial charge is 0.489 e. The van der Waals surface area contributed by atoms with E-state index in [1.54, 1.807) is 11.6 Å². The lowest BCUT2D eigenvalue weighted by Gasteiger charge is -2.34. The van der Waals surface area contributed by atoms with Gasteiger partial charge in [-0.15, -0.1) is 0 Å². The second kappa shape index (κ2) is 11.4. The minimum atomic E-state index is 0.329. The predicted octanol–water partition coefficient (Wildman–Crippen LogP) is 5.12. The molecule has 8 nitrogen and oxygen atoms in total. The van der Waals surface area contributed by atoms with Gasteiger partial charge in [0.05, 0.1) is 18.5 Å². The third-order valence-electron chi connectivity index (χ3n) is 7.48. The lowest BCUT2D eigenvalue weighted by molar-refractivity contribution is 0.182. The van der Waals surface area contributed by atoms with Gasteiger partial charge in [0.15, 0.2) is 5.65 Å². The van der Waals surface area contributed by atoms with Gasteiger partial charge in [-0.25, -0.2) is 4.98 Å². The first-order chi connectivity index (χ1) is 19.6. The van der Waals surface area contributed by atoms with E-state index in [1.807, 2.05) is 60.8 Å². The number of hydrogen-bond donors (Lipinski definition) is 1. The predicted molar refractivity (Wildman–Crippen MR) is 159 cm³/mol. The molecule has 3 aromatic carbocycles. The first-order valence-electron chi connectivity index (χ1n) is 13.6. The maximum Gasteiger partial charge on any atom is 0.165 e. The molecule has 0 bridgehead atoms. The van der Waals surface area contributed by atoms with E-state index in [0.717, 1.165) is 65.4 Å². The molecule has 1 saturated heterocycles. The fourth-order valence-electron chi connectivity index (χ4n) is 5.20. The van der Waals surface area contributed by atoms with E-state index in [4.69, 9.17) is 20.2 Å². The first-order valence-corrected chi connectivity index (χ1v) is 13.6. The number of nitrogen functional groups attached to an aromatic ring is 1. The molecular formula is C32H34N6O2. The van der Waals surface area contributed by atoms with Crippen LogP contribution in [0, 0.1) is 0 Å². The molecule has 3 heterocycles. The topological polar surface area (TPSA) is 81.2 Å². The van der Waals surface area contributed by atoms with Crippen LogP contribution in [0.2, 0.25) is 0 Å².